The average molecular weight is 635 g/mol. The highest BCUT2D eigenvalue weighted by Crippen LogP contribution is 2.39. The average Bonchev–Trinajstić information content (AvgIpc) is 3.71. The van der Waals surface area contributed by atoms with Gasteiger partial charge in [-0.3, -0.25) is 0 Å². The van der Waals surface area contributed by atoms with Crippen molar-refractivity contribution in [1.29, 1.82) is 0 Å². The van der Waals surface area contributed by atoms with Crippen LogP contribution in [-0.4, -0.2) is 9.13 Å². The zero-order chi connectivity index (χ0) is 33.0. The van der Waals surface area contributed by atoms with Gasteiger partial charge in [0.1, 0.15) is 0 Å². The SMILES string of the molecule is c1ccc(-c2ccc3c(c2)c2cc(-c4ccc5c(c4)c4ccccc4n5-c4ccccc4)ccc2n3-c2ccc(-c3ccccc3)cc2)cc#1. The number of fused-ring (bicyclic) bond motifs is 6. The lowest BCUT2D eigenvalue weighted by atomic mass is 9.99. The highest BCUT2D eigenvalue weighted by molar-refractivity contribution is 6.13. The monoisotopic (exact) mass is 634 g/mol. The Kier molecular flexibility index (Phi) is 6.44. The van der Waals surface area contributed by atoms with Crippen LogP contribution in [-0.2, 0) is 0 Å². The number of benzene rings is 7. The lowest BCUT2D eigenvalue weighted by Gasteiger charge is -2.10. The molecule has 0 amide bonds. The molecule has 0 radical (unpaired) electrons. The Labute approximate surface area is 290 Å². The molecule has 232 valence electrons. The van der Waals surface area contributed by atoms with Gasteiger partial charge in [0, 0.05) is 32.9 Å². The minimum atomic E-state index is 1.13. The van der Waals surface area contributed by atoms with Gasteiger partial charge in [0.2, 0.25) is 0 Å². The molecule has 2 aromatic heterocycles. The Balaban J connectivity index is 1.17. The number of hydrogen-bond donors (Lipinski definition) is 0. The van der Waals surface area contributed by atoms with E-state index in [1.807, 2.05) is 12.1 Å². The van der Waals surface area contributed by atoms with Crippen LogP contribution in [0.4, 0.5) is 0 Å². The molecule has 10 aromatic rings. The van der Waals surface area contributed by atoms with Crippen LogP contribution in [0.5, 0.6) is 0 Å². The summed E-state index contributed by atoms with van der Waals surface area (Å²) in [7, 11) is 0. The van der Waals surface area contributed by atoms with Crippen LogP contribution in [0.1, 0.15) is 0 Å². The molecule has 0 atom stereocenters. The number of aromatic nitrogens is 2. The molecule has 0 spiro atoms. The van der Waals surface area contributed by atoms with Crippen molar-refractivity contribution in [3.8, 4) is 44.8 Å². The van der Waals surface area contributed by atoms with E-state index in [0.717, 1.165) is 11.3 Å². The summed E-state index contributed by atoms with van der Waals surface area (Å²) < 4.78 is 4.77. The fraction of sp³-hybridized carbons (Fsp3) is 0. The standard InChI is InChI=1S/C48H30N2/c1-4-12-33(13-5-1)35-20-25-40(26-21-35)50-47-27-22-36(34-14-6-2-7-15-34)30-43(47)44-32-38(24-29-48(44)50)37-23-28-46-42(31-37)41-18-10-11-19-45(41)49(46)39-16-8-3-9-17-39/h1,3-6,8-32H. The molecule has 0 aliphatic carbocycles. The van der Waals surface area contributed by atoms with Crippen molar-refractivity contribution < 1.29 is 0 Å². The molecule has 0 saturated heterocycles. The minimum absolute atomic E-state index is 1.13. The highest BCUT2D eigenvalue weighted by Gasteiger charge is 2.17. The highest BCUT2D eigenvalue weighted by atomic mass is 15.0. The summed E-state index contributed by atoms with van der Waals surface area (Å²) in [4.78, 5) is 0. The van der Waals surface area contributed by atoms with Crippen molar-refractivity contribution in [2.75, 3.05) is 0 Å². The predicted octanol–water partition coefficient (Wildman–Crippen LogP) is 12.5. The zero-order valence-corrected chi connectivity index (χ0v) is 27.2. The summed E-state index contributed by atoms with van der Waals surface area (Å²) in [6.45, 7) is 0. The molecule has 0 saturated carbocycles. The van der Waals surface area contributed by atoms with Crippen LogP contribution in [0.2, 0.25) is 0 Å². The van der Waals surface area contributed by atoms with Crippen molar-refractivity contribution in [1.82, 2.24) is 9.13 Å². The van der Waals surface area contributed by atoms with Gasteiger partial charge in [-0.1, -0.05) is 109 Å². The number of para-hydroxylation sites is 2. The summed E-state index contributed by atoms with van der Waals surface area (Å²) in [6.07, 6.45) is 0. The summed E-state index contributed by atoms with van der Waals surface area (Å²) >= 11 is 0. The third kappa shape index (κ3) is 4.53. The van der Waals surface area contributed by atoms with Gasteiger partial charge in [0.25, 0.3) is 0 Å². The maximum absolute atomic E-state index is 3.13. The van der Waals surface area contributed by atoms with Gasteiger partial charge in [-0.25, -0.2) is 0 Å². The lowest BCUT2D eigenvalue weighted by Crippen LogP contribution is -1.94. The van der Waals surface area contributed by atoms with Crippen LogP contribution < -0.4 is 0 Å². The van der Waals surface area contributed by atoms with E-state index >= 15 is 0 Å². The summed E-state index contributed by atoms with van der Waals surface area (Å²) in [5, 5.41) is 4.96. The van der Waals surface area contributed by atoms with Gasteiger partial charge in [-0.2, -0.15) is 0 Å². The molecule has 0 aliphatic rings. The smallest absolute Gasteiger partial charge is 0.0541 e. The van der Waals surface area contributed by atoms with Crippen molar-refractivity contribution in [2.45, 2.75) is 0 Å². The molecular weight excluding hydrogens is 605 g/mol. The molecule has 0 aliphatic heterocycles. The fourth-order valence-electron chi connectivity index (χ4n) is 7.63. The van der Waals surface area contributed by atoms with Crippen molar-refractivity contribution in [2.24, 2.45) is 0 Å². The Morgan fingerprint density at radius 2 is 0.760 bits per heavy atom. The van der Waals surface area contributed by atoms with Crippen LogP contribution >= 0.6 is 0 Å². The van der Waals surface area contributed by atoms with E-state index in [1.54, 1.807) is 0 Å². The zero-order valence-electron chi connectivity index (χ0n) is 27.2. The molecule has 2 nitrogen and oxygen atoms in total. The first kappa shape index (κ1) is 28.2. The Morgan fingerprint density at radius 3 is 1.36 bits per heavy atom. The third-order valence-electron chi connectivity index (χ3n) is 10.0. The first-order valence-corrected chi connectivity index (χ1v) is 17.0. The number of rotatable bonds is 5. The van der Waals surface area contributed by atoms with E-state index in [-0.39, 0.29) is 0 Å². The van der Waals surface area contributed by atoms with E-state index in [9.17, 15) is 0 Å². The molecule has 10 rings (SSSR count). The number of nitrogens with zero attached hydrogens (tertiary/aromatic N) is 2. The molecule has 0 N–H and O–H groups in total. The molecule has 2 heterocycles. The summed E-state index contributed by atoms with van der Waals surface area (Å²) in [6, 6.07) is 71.7. The molecule has 8 aromatic carbocycles. The van der Waals surface area contributed by atoms with E-state index in [2.05, 4.69) is 191 Å². The van der Waals surface area contributed by atoms with Crippen molar-refractivity contribution in [3.63, 3.8) is 0 Å². The maximum Gasteiger partial charge on any atom is 0.0541 e. The first-order chi connectivity index (χ1) is 24.8. The minimum Gasteiger partial charge on any atom is -0.309 e. The molecule has 0 fully saturated rings. The van der Waals surface area contributed by atoms with Crippen LogP contribution in [0.15, 0.2) is 182 Å². The van der Waals surface area contributed by atoms with E-state index in [1.165, 1.54) is 77.1 Å². The maximum atomic E-state index is 3.13. The Bertz CT molecular complexity index is 2820. The third-order valence-corrected chi connectivity index (χ3v) is 10.0. The largest absolute Gasteiger partial charge is 0.309 e. The molecule has 0 bridgehead atoms. The van der Waals surface area contributed by atoms with Gasteiger partial charge >= 0.3 is 0 Å². The molecule has 50 heavy (non-hydrogen) atoms. The second-order valence-electron chi connectivity index (χ2n) is 12.9. The van der Waals surface area contributed by atoms with Gasteiger partial charge < -0.3 is 9.13 Å². The van der Waals surface area contributed by atoms with Crippen molar-refractivity contribution >= 4 is 43.6 Å². The predicted molar refractivity (Wildman–Crippen MR) is 209 cm³/mol. The topological polar surface area (TPSA) is 9.86 Å². The van der Waals surface area contributed by atoms with Gasteiger partial charge in [-0.15, -0.1) is 0 Å². The quantitative estimate of drug-likeness (QED) is 0.178. The Morgan fingerprint density at radius 1 is 0.300 bits per heavy atom. The normalized spacial score (nSPS) is 11.4. The van der Waals surface area contributed by atoms with E-state index in [0.29, 0.717) is 0 Å². The second-order valence-corrected chi connectivity index (χ2v) is 12.9. The van der Waals surface area contributed by atoms with Crippen LogP contribution in [0.3, 0.4) is 0 Å². The van der Waals surface area contributed by atoms with Crippen LogP contribution in [0, 0.1) is 12.1 Å². The molecule has 2 heteroatoms. The summed E-state index contributed by atoms with van der Waals surface area (Å²) in [5.41, 5.74) is 14.2. The van der Waals surface area contributed by atoms with E-state index in [4.69, 9.17) is 0 Å². The van der Waals surface area contributed by atoms with Gasteiger partial charge in [0.05, 0.1) is 22.1 Å². The lowest BCUT2D eigenvalue weighted by molar-refractivity contribution is 1.18. The van der Waals surface area contributed by atoms with Crippen LogP contribution in [0.25, 0.3) is 88.4 Å². The summed E-state index contributed by atoms with van der Waals surface area (Å²) in [5.74, 6) is 0. The number of hydrogen-bond acceptors (Lipinski definition) is 0. The van der Waals surface area contributed by atoms with Crippen molar-refractivity contribution in [3.05, 3.63) is 194 Å². The fourth-order valence-corrected chi connectivity index (χ4v) is 7.63. The second kappa shape index (κ2) is 11.4. The molecule has 0 unspecified atom stereocenters. The first-order valence-electron chi connectivity index (χ1n) is 17.0. The molecular formula is C48H30N2. The van der Waals surface area contributed by atoms with E-state index < -0.39 is 0 Å². The van der Waals surface area contributed by atoms with Gasteiger partial charge in [-0.05, 0) is 118 Å². The van der Waals surface area contributed by atoms with Gasteiger partial charge in [0.15, 0.2) is 0 Å². The Hall–Kier alpha value is -6.82.